The van der Waals surface area contributed by atoms with Crippen molar-refractivity contribution in [1.82, 2.24) is 14.8 Å². The lowest BCUT2D eigenvalue weighted by atomic mass is 10.3. The van der Waals surface area contributed by atoms with Gasteiger partial charge in [-0.15, -0.1) is 0 Å². The number of para-hydroxylation sites is 1. The van der Waals surface area contributed by atoms with Crippen LogP contribution in [0.4, 0.5) is 11.7 Å². The number of oxazole rings is 1. The summed E-state index contributed by atoms with van der Waals surface area (Å²) in [6.07, 6.45) is 1.90. The predicted octanol–water partition coefficient (Wildman–Crippen LogP) is 2.39. The van der Waals surface area contributed by atoms with Gasteiger partial charge in [-0.05, 0) is 13.0 Å². The number of nitrogens with one attached hydrogen (secondary N) is 1. The molecule has 0 atom stereocenters. The average molecular weight is 287 g/mol. The second-order valence-corrected chi connectivity index (χ2v) is 4.67. The van der Waals surface area contributed by atoms with Gasteiger partial charge in [0.05, 0.1) is 10.6 Å². The quantitative estimate of drug-likeness (QED) is 0.584. The van der Waals surface area contributed by atoms with Crippen molar-refractivity contribution in [2.45, 2.75) is 13.5 Å². The van der Waals surface area contributed by atoms with Gasteiger partial charge in [-0.1, -0.05) is 6.07 Å². The summed E-state index contributed by atoms with van der Waals surface area (Å²) in [5.41, 5.74) is 2.48. The largest absolute Gasteiger partial charge is 0.423 e. The summed E-state index contributed by atoms with van der Waals surface area (Å²) >= 11 is 0. The Morgan fingerprint density at radius 2 is 2.29 bits per heavy atom. The molecular weight excluding hydrogens is 274 g/mol. The van der Waals surface area contributed by atoms with Gasteiger partial charge in [0.2, 0.25) is 0 Å². The zero-order valence-corrected chi connectivity index (χ0v) is 11.5. The van der Waals surface area contributed by atoms with Crippen molar-refractivity contribution in [3.63, 3.8) is 0 Å². The molecule has 0 radical (unpaired) electrons. The number of nitrogens with zero attached hydrogens (tertiary/aromatic N) is 4. The Kier molecular flexibility index (Phi) is 3.05. The Balaban J connectivity index is 1.86. The number of rotatable bonds is 4. The second-order valence-electron chi connectivity index (χ2n) is 4.67. The summed E-state index contributed by atoms with van der Waals surface area (Å²) in [6.45, 7) is 2.40. The lowest BCUT2D eigenvalue weighted by Crippen LogP contribution is -1.99. The molecule has 0 fully saturated rings. The van der Waals surface area contributed by atoms with Crippen LogP contribution in [0.2, 0.25) is 0 Å². The molecule has 0 unspecified atom stereocenters. The summed E-state index contributed by atoms with van der Waals surface area (Å²) < 4.78 is 7.20. The maximum atomic E-state index is 10.9. The van der Waals surface area contributed by atoms with Crippen LogP contribution < -0.4 is 5.32 Å². The molecule has 1 N–H and O–H groups in total. The van der Waals surface area contributed by atoms with Crippen molar-refractivity contribution >= 4 is 22.8 Å². The Bertz CT molecular complexity index is 820. The fourth-order valence-electron chi connectivity index (χ4n) is 2.15. The lowest BCUT2D eigenvalue weighted by molar-refractivity contribution is -0.383. The van der Waals surface area contributed by atoms with Crippen LogP contribution in [0, 0.1) is 17.0 Å². The van der Waals surface area contributed by atoms with Crippen LogP contribution in [0.1, 0.15) is 11.3 Å². The van der Waals surface area contributed by atoms with E-state index in [1.165, 1.54) is 6.07 Å². The van der Waals surface area contributed by atoms with E-state index in [9.17, 15) is 10.1 Å². The normalized spacial score (nSPS) is 11.0. The number of aromatic nitrogens is 3. The average Bonchev–Trinajstić information content (AvgIpc) is 2.98. The zero-order valence-electron chi connectivity index (χ0n) is 11.5. The molecule has 2 aromatic heterocycles. The van der Waals surface area contributed by atoms with Gasteiger partial charge in [-0.25, -0.2) is 0 Å². The fourth-order valence-corrected chi connectivity index (χ4v) is 2.15. The molecular formula is C13H13N5O3. The fraction of sp³-hybridized carbons (Fsp3) is 0.231. The predicted molar refractivity (Wildman–Crippen MR) is 75.9 cm³/mol. The van der Waals surface area contributed by atoms with Gasteiger partial charge in [0.1, 0.15) is 0 Å². The highest BCUT2D eigenvalue weighted by molar-refractivity contribution is 5.83. The highest BCUT2D eigenvalue weighted by Crippen LogP contribution is 2.27. The molecule has 0 spiro atoms. The molecule has 0 saturated carbocycles. The first-order valence-corrected chi connectivity index (χ1v) is 6.31. The first kappa shape index (κ1) is 13.1. The smallest absolute Gasteiger partial charge is 0.298 e. The number of nitro groups is 1. The molecule has 8 nitrogen and oxygen atoms in total. The van der Waals surface area contributed by atoms with Crippen LogP contribution in [-0.4, -0.2) is 19.7 Å². The molecule has 0 aliphatic rings. The van der Waals surface area contributed by atoms with Gasteiger partial charge >= 0.3 is 0 Å². The molecule has 21 heavy (non-hydrogen) atoms. The summed E-state index contributed by atoms with van der Waals surface area (Å²) in [6, 6.07) is 4.87. The first-order valence-electron chi connectivity index (χ1n) is 6.31. The minimum atomic E-state index is -0.472. The van der Waals surface area contributed by atoms with Crippen molar-refractivity contribution in [1.29, 1.82) is 0 Å². The van der Waals surface area contributed by atoms with Gasteiger partial charge < -0.3 is 9.73 Å². The van der Waals surface area contributed by atoms with Crippen LogP contribution >= 0.6 is 0 Å². The first-order chi connectivity index (χ1) is 10.0. The maximum Gasteiger partial charge on any atom is 0.298 e. The number of nitro benzene ring substituents is 1. The highest BCUT2D eigenvalue weighted by Gasteiger charge is 2.17. The van der Waals surface area contributed by atoms with E-state index in [-0.39, 0.29) is 17.2 Å². The van der Waals surface area contributed by atoms with Gasteiger partial charge in [0.15, 0.2) is 11.1 Å². The minimum Gasteiger partial charge on any atom is -0.423 e. The maximum absolute atomic E-state index is 10.9. The standard InChI is InChI=1S/C13H13N5O3/c1-8-9(7-17(2)16-8)6-14-13-15-12-10(18(19)20)4-3-5-11(12)21-13/h3-5,7H,6H2,1-2H3,(H,14,15). The molecule has 0 bridgehead atoms. The monoisotopic (exact) mass is 287 g/mol. The zero-order chi connectivity index (χ0) is 15.0. The molecule has 0 aliphatic carbocycles. The molecule has 0 saturated heterocycles. The lowest BCUT2D eigenvalue weighted by Gasteiger charge is -1.98. The third kappa shape index (κ3) is 2.42. The van der Waals surface area contributed by atoms with Crippen molar-refractivity contribution in [3.8, 4) is 0 Å². The molecule has 3 aromatic rings. The number of hydrogen-bond donors (Lipinski definition) is 1. The van der Waals surface area contributed by atoms with Crippen molar-refractivity contribution in [2.24, 2.45) is 7.05 Å². The van der Waals surface area contributed by atoms with Crippen molar-refractivity contribution < 1.29 is 9.34 Å². The van der Waals surface area contributed by atoms with Crippen LogP contribution in [0.5, 0.6) is 0 Å². The number of non-ortho nitro benzene ring substituents is 1. The van der Waals surface area contributed by atoms with Crippen LogP contribution in [0.15, 0.2) is 28.8 Å². The van der Waals surface area contributed by atoms with E-state index in [0.29, 0.717) is 12.1 Å². The van der Waals surface area contributed by atoms with Gasteiger partial charge in [0, 0.05) is 31.4 Å². The molecule has 0 aliphatic heterocycles. The van der Waals surface area contributed by atoms with Crippen molar-refractivity contribution in [3.05, 3.63) is 45.8 Å². The van der Waals surface area contributed by atoms with E-state index in [0.717, 1.165) is 11.3 Å². The second kappa shape index (κ2) is 4.89. The highest BCUT2D eigenvalue weighted by atomic mass is 16.6. The minimum absolute atomic E-state index is 0.0677. The van der Waals surface area contributed by atoms with Crippen LogP contribution in [0.3, 0.4) is 0 Å². The van der Waals surface area contributed by atoms with Crippen LogP contribution in [0.25, 0.3) is 11.1 Å². The van der Waals surface area contributed by atoms with Gasteiger partial charge in [-0.3, -0.25) is 14.8 Å². The SMILES string of the molecule is Cc1nn(C)cc1CNc1nc2c([N+](=O)[O-])cccc2o1. The summed E-state index contributed by atoms with van der Waals surface area (Å²) in [5.74, 6) is 0. The molecule has 8 heteroatoms. The third-order valence-electron chi connectivity index (χ3n) is 3.14. The number of aryl methyl sites for hydroxylation is 2. The summed E-state index contributed by atoms with van der Waals surface area (Å²) in [5, 5.41) is 18.2. The molecule has 0 amide bonds. The number of fused-ring (bicyclic) bond motifs is 1. The van der Waals surface area contributed by atoms with E-state index >= 15 is 0 Å². The van der Waals surface area contributed by atoms with E-state index in [2.05, 4.69) is 15.4 Å². The van der Waals surface area contributed by atoms with Gasteiger partial charge in [-0.2, -0.15) is 10.1 Å². The number of hydrogen-bond acceptors (Lipinski definition) is 6. The molecule has 2 heterocycles. The summed E-state index contributed by atoms with van der Waals surface area (Å²) in [7, 11) is 1.85. The summed E-state index contributed by atoms with van der Waals surface area (Å²) in [4.78, 5) is 14.6. The van der Waals surface area contributed by atoms with Crippen molar-refractivity contribution in [2.75, 3.05) is 5.32 Å². The Hall–Kier alpha value is -2.90. The Morgan fingerprint density at radius 1 is 1.48 bits per heavy atom. The van der Waals surface area contributed by atoms with Gasteiger partial charge in [0.25, 0.3) is 11.7 Å². The number of anilines is 1. The third-order valence-corrected chi connectivity index (χ3v) is 3.14. The van der Waals surface area contributed by atoms with Crippen LogP contribution in [-0.2, 0) is 13.6 Å². The molecule has 3 rings (SSSR count). The van der Waals surface area contributed by atoms with E-state index in [1.807, 2.05) is 20.2 Å². The van der Waals surface area contributed by atoms with E-state index < -0.39 is 4.92 Å². The van der Waals surface area contributed by atoms with E-state index in [4.69, 9.17) is 4.42 Å². The molecule has 1 aromatic carbocycles. The number of benzene rings is 1. The molecule has 108 valence electrons. The Morgan fingerprint density at radius 3 is 2.95 bits per heavy atom. The Labute approximate surface area is 119 Å². The van der Waals surface area contributed by atoms with E-state index in [1.54, 1.807) is 16.8 Å². The topological polar surface area (TPSA) is 99.0 Å².